The summed E-state index contributed by atoms with van der Waals surface area (Å²) in [6, 6.07) is 18.3. The molecule has 0 aliphatic heterocycles. The second-order valence-corrected chi connectivity index (χ2v) is 17.6. The number of carbonyl (C=O) groups excluding carboxylic acids is 7. The number of nitrogens with one attached hydrogen (secondary N) is 6. The van der Waals surface area contributed by atoms with Crippen LogP contribution in [0.4, 0.5) is 5.69 Å². The number of carbonyl (C=O) groups is 7. The van der Waals surface area contributed by atoms with Gasteiger partial charge in [-0.3, -0.25) is 43.9 Å². The number of nitro benzene ring substituents is 1. The van der Waals surface area contributed by atoms with Gasteiger partial charge in [0.1, 0.15) is 42.9 Å². The minimum absolute atomic E-state index is 0.0221. The first-order chi connectivity index (χ1) is 32.8. The topological polar surface area (TPSA) is 283 Å². The Kier molecular flexibility index (Phi) is 20.9. The number of nitrogens with two attached hydrogens (primary N) is 1. The summed E-state index contributed by atoms with van der Waals surface area (Å²) < 4.78 is 5.54. The van der Waals surface area contributed by atoms with Gasteiger partial charge in [0.25, 0.3) is 5.69 Å². The zero-order valence-electron chi connectivity index (χ0n) is 39.7. The first kappa shape index (κ1) is 54.1. The van der Waals surface area contributed by atoms with E-state index < -0.39 is 94.5 Å². The fraction of sp³-hybridized carbons (Fsp3) is 0.400. The van der Waals surface area contributed by atoms with Gasteiger partial charge in [0, 0.05) is 37.4 Å². The standard InChI is InChI=1S/C50H63N9O10/c1-30(2)25-42(50(66)69-29-37-21-23-52-24-22-37)57-49(65)43(31(3)4)58-48(64)41(27-35-15-11-8-12-16-35)56-47(63)40(28-36-17-19-38(20-18-36)59(67)68)55-45(61)33(6)53-44(60)32(5)54-46(62)39(51)26-34-13-9-7-10-14-34/h7-24,30-33,39-43H,25-29,51H2,1-6H3,(H,53,60)(H,54,62)(H,55,61)(H,56,63)(H,57,65)(H,58,64). The molecule has 7 atom stereocenters. The molecule has 1 heterocycles. The molecule has 69 heavy (non-hydrogen) atoms. The molecule has 0 aliphatic carbocycles. The van der Waals surface area contributed by atoms with Gasteiger partial charge >= 0.3 is 5.97 Å². The highest BCUT2D eigenvalue weighted by Gasteiger charge is 2.34. The predicted octanol–water partition coefficient (Wildman–Crippen LogP) is 2.74. The molecular formula is C50H63N9O10. The van der Waals surface area contributed by atoms with E-state index >= 15 is 0 Å². The van der Waals surface area contributed by atoms with Crippen molar-refractivity contribution in [1.29, 1.82) is 0 Å². The Morgan fingerprint density at radius 1 is 0.551 bits per heavy atom. The van der Waals surface area contributed by atoms with Crippen molar-refractivity contribution in [3.05, 3.63) is 142 Å². The summed E-state index contributed by atoms with van der Waals surface area (Å²) in [6.07, 6.45) is 3.35. The molecule has 0 fully saturated rings. The highest BCUT2D eigenvalue weighted by atomic mass is 16.6. The number of rotatable bonds is 25. The van der Waals surface area contributed by atoms with E-state index in [0.717, 1.165) is 5.56 Å². The summed E-state index contributed by atoms with van der Waals surface area (Å²) in [5, 5.41) is 27.4. The van der Waals surface area contributed by atoms with Crippen LogP contribution in [-0.2, 0) is 64.2 Å². The third-order valence-corrected chi connectivity index (χ3v) is 11.0. The summed E-state index contributed by atoms with van der Waals surface area (Å²) in [7, 11) is 0. The zero-order valence-corrected chi connectivity index (χ0v) is 39.7. The second-order valence-electron chi connectivity index (χ2n) is 17.6. The summed E-state index contributed by atoms with van der Waals surface area (Å²) >= 11 is 0. The molecular weight excluding hydrogens is 887 g/mol. The van der Waals surface area contributed by atoms with Gasteiger partial charge in [-0.25, -0.2) is 4.79 Å². The summed E-state index contributed by atoms with van der Waals surface area (Å²) in [5.41, 5.74) is 8.48. The number of hydrogen-bond acceptors (Lipinski definition) is 12. The van der Waals surface area contributed by atoms with Gasteiger partial charge in [0.05, 0.1) is 11.0 Å². The largest absolute Gasteiger partial charge is 0.459 e. The zero-order chi connectivity index (χ0) is 50.6. The minimum atomic E-state index is -1.41. The van der Waals surface area contributed by atoms with Gasteiger partial charge in [0.15, 0.2) is 0 Å². The Labute approximate surface area is 401 Å². The van der Waals surface area contributed by atoms with Crippen molar-refractivity contribution in [2.24, 2.45) is 17.6 Å². The Hall–Kier alpha value is -7.54. The summed E-state index contributed by atoms with van der Waals surface area (Å²) in [6.45, 7) is 9.94. The average Bonchev–Trinajstić information content (AvgIpc) is 3.32. The number of aromatic nitrogens is 1. The van der Waals surface area contributed by atoms with Crippen LogP contribution in [0.15, 0.2) is 109 Å². The van der Waals surface area contributed by atoms with Crippen LogP contribution in [0.5, 0.6) is 0 Å². The van der Waals surface area contributed by atoms with E-state index in [-0.39, 0.29) is 43.9 Å². The Morgan fingerprint density at radius 3 is 1.54 bits per heavy atom. The molecule has 1 aromatic heterocycles. The van der Waals surface area contributed by atoms with Crippen LogP contribution in [0.3, 0.4) is 0 Å². The number of non-ortho nitro benzene ring substituents is 1. The fourth-order valence-corrected chi connectivity index (χ4v) is 7.05. The van der Waals surface area contributed by atoms with Crippen LogP contribution in [0.25, 0.3) is 0 Å². The van der Waals surface area contributed by atoms with Crippen LogP contribution in [-0.4, -0.2) is 93.6 Å². The lowest BCUT2D eigenvalue weighted by molar-refractivity contribution is -0.384. The number of amides is 6. The molecule has 3 aromatic carbocycles. The van der Waals surface area contributed by atoms with Crippen molar-refractivity contribution in [3.8, 4) is 0 Å². The number of pyridine rings is 1. The third kappa shape index (κ3) is 17.9. The number of esters is 1. The van der Waals surface area contributed by atoms with Gasteiger partial charge in [-0.05, 0) is 72.9 Å². The molecule has 0 aliphatic rings. The maximum Gasteiger partial charge on any atom is 0.328 e. The third-order valence-electron chi connectivity index (χ3n) is 11.0. The fourth-order valence-electron chi connectivity index (χ4n) is 7.05. The SMILES string of the molecule is CC(C)CC(NC(=O)C(NC(=O)C(Cc1ccccc1)NC(=O)C(Cc1ccc([N+](=O)[O-])cc1)NC(=O)C(C)NC(=O)C(C)NC(=O)C(N)Cc1ccccc1)C(C)C)C(=O)OCc1ccncc1. The van der Waals surface area contributed by atoms with E-state index in [1.807, 2.05) is 44.2 Å². The first-order valence-electron chi connectivity index (χ1n) is 22.8. The molecule has 6 amide bonds. The molecule has 19 heteroatoms. The van der Waals surface area contributed by atoms with Gasteiger partial charge < -0.3 is 42.4 Å². The van der Waals surface area contributed by atoms with E-state index in [9.17, 15) is 43.7 Å². The quantitative estimate of drug-likeness (QED) is 0.0287. The number of hydrogen-bond donors (Lipinski definition) is 7. The minimum Gasteiger partial charge on any atom is -0.459 e. The molecule has 7 unspecified atom stereocenters. The van der Waals surface area contributed by atoms with Crippen molar-refractivity contribution < 1.29 is 43.2 Å². The van der Waals surface area contributed by atoms with Gasteiger partial charge in [0.2, 0.25) is 35.4 Å². The molecule has 0 saturated carbocycles. The molecule has 0 bridgehead atoms. The van der Waals surface area contributed by atoms with Crippen LogP contribution < -0.4 is 37.6 Å². The molecule has 4 rings (SSSR count). The maximum atomic E-state index is 14.4. The molecule has 0 saturated heterocycles. The van der Waals surface area contributed by atoms with Crippen LogP contribution in [0.1, 0.15) is 70.2 Å². The van der Waals surface area contributed by atoms with E-state index in [2.05, 4.69) is 36.9 Å². The predicted molar refractivity (Wildman–Crippen MR) is 256 cm³/mol. The van der Waals surface area contributed by atoms with Crippen molar-refractivity contribution >= 4 is 47.1 Å². The normalized spacial score (nSPS) is 14.1. The Bertz CT molecular complexity index is 2350. The smallest absolute Gasteiger partial charge is 0.328 e. The lowest BCUT2D eigenvalue weighted by Crippen LogP contribution is -2.60. The highest BCUT2D eigenvalue weighted by Crippen LogP contribution is 2.15. The van der Waals surface area contributed by atoms with E-state index in [0.29, 0.717) is 16.7 Å². The van der Waals surface area contributed by atoms with Crippen LogP contribution in [0.2, 0.25) is 0 Å². The van der Waals surface area contributed by atoms with Crippen molar-refractivity contribution in [2.75, 3.05) is 0 Å². The van der Waals surface area contributed by atoms with E-state index in [1.54, 1.807) is 68.7 Å². The molecule has 0 spiro atoms. The number of nitro groups is 1. The Morgan fingerprint density at radius 2 is 1.01 bits per heavy atom. The maximum absolute atomic E-state index is 14.4. The van der Waals surface area contributed by atoms with Crippen LogP contribution >= 0.6 is 0 Å². The first-order valence-corrected chi connectivity index (χ1v) is 22.8. The highest BCUT2D eigenvalue weighted by molar-refractivity contribution is 5.97. The van der Waals surface area contributed by atoms with E-state index in [4.69, 9.17) is 10.5 Å². The summed E-state index contributed by atoms with van der Waals surface area (Å²) in [5.74, 6) is -5.51. The van der Waals surface area contributed by atoms with Gasteiger partial charge in [-0.1, -0.05) is 100 Å². The van der Waals surface area contributed by atoms with Crippen molar-refractivity contribution in [3.63, 3.8) is 0 Å². The number of nitrogens with zero attached hydrogens (tertiary/aromatic N) is 2. The molecule has 4 aromatic rings. The molecule has 19 nitrogen and oxygen atoms in total. The monoisotopic (exact) mass is 949 g/mol. The number of benzene rings is 3. The molecule has 8 N–H and O–H groups in total. The van der Waals surface area contributed by atoms with Crippen molar-refractivity contribution in [1.82, 2.24) is 36.9 Å². The average molecular weight is 950 g/mol. The Balaban J connectivity index is 1.52. The lowest BCUT2D eigenvalue weighted by atomic mass is 9.98. The van der Waals surface area contributed by atoms with Gasteiger partial charge in [-0.2, -0.15) is 0 Å². The van der Waals surface area contributed by atoms with Crippen LogP contribution in [0, 0.1) is 22.0 Å². The number of ether oxygens (including phenoxy) is 1. The molecule has 0 radical (unpaired) electrons. The van der Waals surface area contributed by atoms with Gasteiger partial charge in [-0.15, -0.1) is 0 Å². The van der Waals surface area contributed by atoms with Crippen molar-refractivity contribution in [2.45, 2.75) is 116 Å². The van der Waals surface area contributed by atoms with E-state index in [1.165, 1.54) is 38.1 Å². The second kappa shape index (κ2) is 26.7. The summed E-state index contributed by atoms with van der Waals surface area (Å²) in [4.78, 5) is 111. The lowest BCUT2D eigenvalue weighted by Gasteiger charge is -2.28. The molecule has 368 valence electrons.